The predicted octanol–water partition coefficient (Wildman–Crippen LogP) is 3.08. The van der Waals surface area contributed by atoms with E-state index >= 15 is 0 Å². The summed E-state index contributed by atoms with van der Waals surface area (Å²) in [4.78, 5) is 29.1. The minimum absolute atomic E-state index is 0. The van der Waals surface area contributed by atoms with Crippen molar-refractivity contribution < 1.29 is 9.59 Å². The van der Waals surface area contributed by atoms with Crippen molar-refractivity contribution in [3.05, 3.63) is 35.9 Å². The van der Waals surface area contributed by atoms with Crippen LogP contribution in [0.2, 0.25) is 0 Å². The first-order valence-electron chi connectivity index (χ1n) is 9.48. The highest BCUT2D eigenvalue weighted by Crippen LogP contribution is 2.20. The third-order valence-corrected chi connectivity index (χ3v) is 4.88. The van der Waals surface area contributed by atoms with Gasteiger partial charge in [-0.05, 0) is 37.8 Å². The van der Waals surface area contributed by atoms with Crippen LogP contribution in [0.4, 0.5) is 0 Å². The van der Waals surface area contributed by atoms with Crippen LogP contribution >= 0.6 is 12.4 Å². The molecule has 0 bridgehead atoms. The quantitative estimate of drug-likeness (QED) is 0.789. The number of amides is 2. The lowest BCUT2D eigenvalue weighted by Crippen LogP contribution is -2.53. The number of nitrogens with two attached hydrogens (primary N) is 1. The standard InChI is InChI=1S/C20H31N3O2.ClH/c1-3-8-18(21)20(25)23(13-4-2)17-11-14-22(15-12-17)19(24)16-9-6-5-7-10-16;/h5-7,9-10,17-18H,3-4,8,11-15,21H2,1-2H3;1H. The number of carbonyl (C=O) groups excluding carboxylic acids is 2. The second-order valence-corrected chi connectivity index (χ2v) is 6.82. The van der Waals surface area contributed by atoms with Gasteiger partial charge in [-0.15, -0.1) is 12.4 Å². The van der Waals surface area contributed by atoms with Crippen LogP contribution in [0.15, 0.2) is 30.3 Å². The fourth-order valence-electron chi connectivity index (χ4n) is 3.51. The normalized spacial score (nSPS) is 15.9. The van der Waals surface area contributed by atoms with Gasteiger partial charge in [-0.1, -0.05) is 38.5 Å². The van der Waals surface area contributed by atoms with Gasteiger partial charge in [0, 0.05) is 31.2 Å². The number of halogens is 1. The molecule has 1 aromatic rings. The van der Waals surface area contributed by atoms with E-state index in [1.165, 1.54) is 0 Å². The van der Waals surface area contributed by atoms with Gasteiger partial charge in [0.1, 0.15) is 0 Å². The largest absolute Gasteiger partial charge is 0.338 e. The summed E-state index contributed by atoms with van der Waals surface area (Å²) in [5, 5.41) is 0. The highest BCUT2D eigenvalue weighted by atomic mass is 35.5. The highest BCUT2D eigenvalue weighted by molar-refractivity contribution is 5.94. The van der Waals surface area contributed by atoms with Crippen molar-refractivity contribution in [1.29, 1.82) is 0 Å². The fraction of sp³-hybridized carbons (Fsp3) is 0.600. The van der Waals surface area contributed by atoms with Crippen LogP contribution in [0, 0.1) is 0 Å². The van der Waals surface area contributed by atoms with Crippen LogP contribution in [0.25, 0.3) is 0 Å². The van der Waals surface area contributed by atoms with Crippen LogP contribution < -0.4 is 5.73 Å². The van der Waals surface area contributed by atoms with Gasteiger partial charge in [-0.3, -0.25) is 9.59 Å². The molecule has 2 rings (SSSR count). The summed E-state index contributed by atoms with van der Waals surface area (Å²) in [6.45, 7) is 6.25. The lowest BCUT2D eigenvalue weighted by molar-refractivity contribution is -0.136. The molecule has 1 atom stereocenters. The molecule has 6 heteroatoms. The molecule has 1 fully saturated rings. The molecule has 0 saturated carbocycles. The maximum absolute atomic E-state index is 12.7. The third-order valence-electron chi connectivity index (χ3n) is 4.88. The van der Waals surface area contributed by atoms with Crippen molar-refractivity contribution >= 4 is 24.2 Å². The number of hydrogen-bond donors (Lipinski definition) is 1. The summed E-state index contributed by atoms with van der Waals surface area (Å²) in [5.41, 5.74) is 6.79. The second-order valence-electron chi connectivity index (χ2n) is 6.82. The van der Waals surface area contributed by atoms with E-state index < -0.39 is 6.04 Å². The maximum atomic E-state index is 12.7. The van der Waals surface area contributed by atoms with Crippen molar-refractivity contribution in [2.45, 2.75) is 58.0 Å². The SMILES string of the molecule is CCCC(N)C(=O)N(CCC)C1CCN(C(=O)c2ccccc2)CC1.Cl. The smallest absolute Gasteiger partial charge is 0.253 e. The molecule has 5 nitrogen and oxygen atoms in total. The van der Waals surface area contributed by atoms with Crippen LogP contribution in [0.1, 0.15) is 56.3 Å². The molecule has 2 N–H and O–H groups in total. The van der Waals surface area contributed by atoms with Gasteiger partial charge in [0.15, 0.2) is 0 Å². The van der Waals surface area contributed by atoms with Crippen LogP contribution in [0.3, 0.4) is 0 Å². The number of piperidine rings is 1. The van der Waals surface area contributed by atoms with E-state index in [2.05, 4.69) is 6.92 Å². The van der Waals surface area contributed by atoms with E-state index in [4.69, 9.17) is 5.73 Å². The molecule has 0 aliphatic carbocycles. The summed E-state index contributed by atoms with van der Waals surface area (Å²) in [7, 11) is 0. The van der Waals surface area contributed by atoms with Gasteiger partial charge in [0.25, 0.3) is 5.91 Å². The van der Waals surface area contributed by atoms with E-state index in [1.807, 2.05) is 47.1 Å². The molecule has 1 unspecified atom stereocenters. The molecule has 1 heterocycles. The Bertz CT molecular complexity index is 559. The molecule has 0 radical (unpaired) electrons. The molecule has 2 amide bonds. The zero-order valence-corrected chi connectivity index (χ0v) is 16.7. The van der Waals surface area contributed by atoms with Gasteiger partial charge in [0.2, 0.25) is 5.91 Å². The van der Waals surface area contributed by atoms with Gasteiger partial charge in [-0.25, -0.2) is 0 Å². The zero-order valence-electron chi connectivity index (χ0n) is 15.9. The molecular formula is C20H32ClN3O2. The van der Waals surface area contributed by atoms with E-state index in [9.17, 15) is 9.59 Å². The summed E-state index contributed by atoms with van der Waals surface area (Å²) in [5.74, 6) is 0.145. The van der Waals surface area contributed by atoms with E-state index in [0.29, 0.717) is 13.1 Å². The minimum atomic E-state index is -0.402. The molecule has 0 aromatic heterocycles. The molecule has 1 aromatic carbocycles. The van der Waals surface area contributed by atoms with Crippen molar-refractivity contribution in [1.82, 2.24) is 9.80 Å². The Morgan fingerprint density at radius 1 is 1.15 bits per heavy atom. The average Bonchev–Trinajstić information content (AvgIpc) is 2.66. The first kappa shape index (κ1) is 22.5. The molecule has 0 spiro atoms. The van der Waals surface area contributed by atoms with E-state index in [-0.39, 0.29) is 30.3 Å². The first-order chi connectivity index (χ1) is 12.1. The number of nitrogens with zero attached hydrogens (tertiary/aromatic N) is 2. The van der Waals surface area contributed by atoms with Crippen LogP contribution in [0.5, 0.6) is 0 Å². The summed E-state index contributed by atoms with van der Waals surface area (Å²) >= 11 is 0. The van der Waals surface area contributed by atoms with Crippen LogP contribution in [-0.4, -0.2) is 53.3 Å². The average molecular weight is 382 g/mol. The number of benzene rings is 1. The minimum Gasteiger partial charge on any atom is -0.338 e. The third kappa shape index (κ3) is 5.71. The Kier molecular flexibility index (Phi) is 9.66. The Hall–Kier alpha value is -1.59. The topological polar surface area (TPSA) is 66.6 Å². The van der Waals surface area contributed by atoms with Crippen molar-refractivity contribution in [2.75, 3.05) is 19.6 Å². The van der Waals surface area contributed by atoms with Crippen molar-refractivity contribution in [3.63, 3.8) is 0 Å². The van der Waals surface area contributed by atoms with Gasteiger partial charge in [-0.2, -0.15) is 0 Å². The highest BCUT2D eigenvalue weighted by Gasteiger charge is 2.31. The summed E-state index contributed by atoms with van der Waals surface area (Å²) in [6, 6.07) is 9.18. The monoisotopic (exact) mass is 381 g/mol. The molecular weight excluding hydrogens is 350 g/mol. The van der Waals surface area contributed by atoms with E-state index in [1.54, 1.807) is 0 Å². The maximum Gasteiger partial charge on any atom is 0.253 e. The molecule has 1 aliphatic rings. The van der Waals surface area contributed by atoms with Crippen molar-refractivity contribution in [3.8, 4) is 0 Å². The number of hydrogen-bond acceptors (Lipinski definition) is 3. The van der Waals surface area contributed by atoms with Crippen LogP contribution in [-0.2, 0) is 4.79 Å². The Labute approximate surface area is 163 Å². The second kappa shape index (κ2) is 11.2. The zero-order chi connectivity index (χ0) is 18.2. The van der Waals surface area contributed by atoms with Gasteiger partial charge >= 0.3 is 0 Å². The Morgan fingerprint density at radius 3 is 2.31 bits per heavy atom. The molecule has 146 valence electrons. The lowest BCUT2D eigenvalue weighted by atomic mass is 10.00. The fourth-order valence-corrected chi connectivity index (χ4v) is 3.51. The lowest BCUT2D eigenvalue weighted by Gasteiger charge is -2.39. The predicted molar refractivity (Wildman–Crippen MR) is 108 cm³/mol. The number of carbonyl (C=O) groups is 2. The molecule has 1 saturated heterocycles. The molecule has 26 heavy (non-hydrogen) atoms. The van der Waals surface area contributed by atoms with E-state index in [0.717, 1.165) is 44.2 Å². The van der Waals surface area contributed by atoms with Crippen molar-refractivity contribution in [2.24, 2.45) is 5.73 Å². The molecule has 1 aliphatic heterocycles. The number of likely N-dealkylation sites (tertiary alicyclic amines) is 1. The van der Waals surface area contributed by atoms with Gasteiger partial charge in [0.05, 0.1) is 6.04 Å². The Morgan fingerprint density at radius 2 is 1.77 bits per heavy atom. The van der Waals surface area contributed by atoms with Gasteiger partial charge < -0.3 is 15.5 Å². The first-order valence-corrected chi connectivity index (χ1v) is 9.48. The number of rotatable bonds is 7. The summed E-state index contributed by atoms with van der Waals surface area (Å²) < 4.78 is 0. The summed E-state index contributed by atoms with van der Waals surface area (Å²) in [6.07, 6.45) is 4.21. The Balaban J connectivity index is 0.00000338.